The van der Waals surface area contributed by atoms with Crippen molar-refractivity contribution in [2.75, 3.05) is 13.1 Å². The summed E-state index contributed by atoms with van der Waals surface area (Å²) >= 11 is 13.1. The smallest absolute Gasteiger partial charge is 0.226 e. The van der Waals surface area contributed by atoms with Crippen molar-refractivity contribution in [1.29, 1.82) is 5.26 Å². The molecule has 5 fully saturated rings. The van der Waals surface area contributed by atoms with E-state index in [4.69, 9.17) is 32.9 Å². The molecule has 51 heavy (non-hydrogen) atoms. The third-order valence-corrected chi connectivity index (χ3v) is 12.2. The fourth-order valence-corrected chi connectivity index (χ4v) is 9.17. The Morgan fingerprint density at radius 2 is 2.04 bits per heavy atom. The summed E-state index contributed by atoms with van der Waals surface area (Å²) in [6, 6.07) is 11.8. The maximum Gasteiger partial charge on any atom is 0.226 e. The fraction of sp³-hybridized carbons (Fsp3) is 0.447. The van der Waals surface area contributed by atoms with E-state index in [0.717, 1.165) is 48.1 Å². The van der Waals surface area contributed by atoms with Crippen molar-refractivity contribution in [3.63, 3.8) is 0 Å². The number of pyridine rings is 1. The van der Waals surface area contributed by atoms with Gasteiger partial charge in [0.05, 0.1) is 52.6 Å². The molecule has 3 aliphatic heterocycles. The summed E-state index contributed by atoms with van der Waals surface area (Å²) in [5.74, 6) is 0.147. The zero-order valence-corrected chi connectivity index (χ0v) is 29.9. The first-order valence-corrected chi connectivity index (χ1v) is 18.5. The van der Waals surface area contributed by atoms with Gasteiger partial charge in [-0.25, -0.2) is 9.37 Å². The van der Waals surface area contributed by atoms with Crippen LogP contribution >= 0.6 is 23.2 Å². The number of hydrogen-bond acceptors (Lipinski definition) is 7. The van der Waals surface area contributed by atoms with Gasteiger partial charge in [-0.3, -0.25) is 9.48 Å². The first-order chi connectivity index (χ1) is 24.7. The Morgan fingerprint density at radius 1 is 1.20 bits per heavy atom. The van der Waals surface area contributed by atoms with E-state index in [1.807, 2.05) is 31.1 Å². The van der Waals surface area contributed by atoms with Crippen molar-refractivity contribution >= 4 is 50.9 Å². The Bertz CT molecular complexity index is 2260. The maximum atomic E-state index is 17.2. The van der Waals surface area contributed by atoms with Crippen LogP contribution in [0.4, 0.5) is 4.39 Å². The third kappa shape index (κ3) is 5.41. The first-order valence-electron chi connectivity index (χ1n) is 17.7. The summed E-state index contributed by atoms with van der Waals surface area (Å²) in [5, 5.41) is 23.7. The summed E-state index contributed by atoms with van der Waals surface area (Å²) in [4.78, 5) is 20.9. The van der Waals surface area contributed by atoms with Crippen LogP contribution in [0.3, 0.4) is 0 Å². The van der Waals surface area contributed by atoms with Gasteiger partial charge in [-0.05, 0) is 62.3 Å². The van der Waals surface area contributed by atoms with E-state index in [1.165, 1.54) is 0 Å². The molecule has 3 aromatic heterocycles. The van der Waals surface area contributed by atoms with Crippen molar-refractivity contribution in [2.45, 2.75) is 76.3 Å². The van der Waals surface area contributed by atoms with Crippen molar-refractivity contribution < 1.29 is 13.9 Å². The molecule has 2 bridgehead atoms. The highest BCUT2D eigenvalue weighted by molar-refractivity contribution is 6.43. The van der Waals surface area contributed by atoms with Crippen LogP contribution in [-0.4, -0.2) is 60.6 Å². The monoisotopic (exact) mass is 726 g/mol. The van der Waals surface area contributed by atoms with Crippen LogP contribution in [0.15, 0.2) is 36.5 Å². The van der Waals surface area contributed by atoms with Crippen LogP contribution in [0.25, 0.3) is 32.9 Å². The highest BCUT2D eigenvalue weighted by Gasteiger charge is 2.51. The molecule has 262 valence electrons. The minimum absolute atomic E-state index is 0.0448. The lowest BCUT2D eigenvalue weighted by molar-refractivity contribution is -0.134. The second kappa shape index (κ2) is 12.6. The average Bonchev–Trinajstić information content (AvgIpc) is 3.55. The van der Waals surface area contributed by atoms with Gasteiger partial charge in [0, 0.05) is 78.2 Å². The van der Waals surface area contributed by atoms with Crippen LogP contribution in [0.2, 0.25) is 10.0 Å². The van der Waals surface area contributed by atoms with Crippen LogP contribution in [0.5, 0.6) is 0 Å². The number of fused-ring (bicyclic) bond motifs is 4. The molecule has 10 rings (SSSR count). The van der Waals surface area contributed by atoms with E-state index in [0.29, 0.717) is 64.7 Å². The molecule has 13 heteroatoms. The molecular formula is C38H37Cl2FN8O2. The molecule has 2 aliphatic carbocycles. The number of nitrogens with one attached hydrogen (secondary N) is 1. The molecule has 0 unspecified atom stereocenters. The number of hydrogen-bond donors (Lipinski definition) is 1. The van der Waals surface area contributed by atoms with E-state index in [9.17, 15) is 10.1 Å². The summed E-state index contributed by atoms with van der Waals surface area (Å²) in [7, 11) is 1.82. The van der Waals surface area contributed by atoms with Gasteiger partial charge in [-0.2, -0.15) is 5.26 Å². The van der Waals surface area contributed by atoms with Gasteiger partial charge in [0.25, 0.3) is 0 Å². The molecule has 5 aliphatic rings. The number of benzene rings is 2. The van der Waals surface area contributed by atoms with E-state index < -0.39 is 5.82 Å². The second-order valence-corrected chi connectivity index (χ2v) is 15.4. The predicted molar refractivity (Wildman–Crippen MR) is 192 cm³/mol. The van der Waals surface area contributed by atoms with E-state index in [-0.39, 0.29) is 53.0 Å². The standard InChI is InChI=1S/C38H37Cl2FN8O2/c1-19-26-14-31(30-13-24(17-48(30)38(50)20-8-9-20)51-18-23-16-47(2)46-45-23)49(36-22-12-29(36)43-15-22)37(26)27-11-21(5-4-10-42)32(34(41)35(27)44-19)25-6-3-7-28(39)33(25)40/h3,6-7,11,14,16,20,22,24,29-30,36,43H,4-5,8-9,12-13,15,17-18H2,1-2H3/t22-,24+,29-,30-,36+/m1/s1. The van der Waals surface area contributed by atoms with Gasteiger partial charge >= 0.3 is 0 Å². The number of likely N-dealkylation sites (tertiary alicyclic amines) is 1. The molecule has 10 nitrogen and oxygen atoms in total. The normalized spacial score (nSPS) is 24.1. The lowest BCUT2D eigenvalue weighted by atomic mass is 9.79. The fourth-order valence-electron chi connectivity index (χ4n) is 8.77. The van der Waals surface area contributed by atoms with Crippen molar-refractivity contribution in [2.24, 2.45) is 18.9 Å². The van der Waals surface area contributed by atoms with Gasteiger partial charge < -0.3 is 19.5 Å². The lowest BCUT2D eigenvalue weighted by Gasteiger charge is -2.39. The Labute approximate surface area is 304 Å². The molecule has 0 spiro atoms. The molecule has 5 atom stereocenters. The van der Waals surface area contributed by atoms with Gasteiger partial charge in [0.2, 0.25) is 5.91 Å². The van der Waals surface area contributed by atoms with Gasteiger partial charge in [0.15, 0.2) is 5.82 Å². The third-order valence-electron chi connectivity index (χ3n) is 11.4. The van der Waals surface area contributed by atoms with Crippen LogP contribution < -0.4 is 5.32 Å². The number of aryl methyl sites for hydroxylation is 3. The Balaban J connectivity index is 1.23. The quantitative estimate of drug-likeness (QED) is 0.174. The van der Waals surface area contributed by atoms with Crippen LogP contribution in [0.1, 0.15) is 66.8 Å². The average molecular weight is 728 g/mol. The largest absolute Gasteiger partial charge is 0.370 e. The molecule has 2 aromatic carbocycles. The number of rotatable bonds is 9. The number of carbonyl (C=O) groups excluding carboxylic acids is 1. The van der Waals surface area contributed by atoms with Gasteiger partial charge in [-0.1, -0.05) is 40.5 Å². The topological polar surface area (TPSA) is 114 Å². The minimum atomic E-state index is -0.484. The molecule has 1 amide bonds. The second-order valence-electron chi connectivity index (χ2n) is 14.6. The highest BCUT2D eigenvalue weighted by Crippen LogP contribution is 2.51. The SMILES string of the molecule is Cc1nc2c(F)c(-c3cccc(Cl)c3Cl)c(CCC#N)cc2c2c1cc([C@H]1C[C@H](OCc3cn(C)nn3)CN1C(=O)C1CC1)n2[C@H]1[C@H]2CN[C@@H]1C2. The van der Waals surface area contributed by atoms with Gasteiger partial charge in [0.1, 0.15) is 11.2 Å². The van der Waals surface area contributed by atoms with Crippen molar-refractivity contribution in [3.8, 4) is 17.2 Å². The number of aromatic nitrogens is 5. The van der Waals surface area contributed by atoms with E-state index >= 15 is 4.39 Å². The predicted octanol–water partition coefficient (Wildman–Crippen LogP) is 7.00. The highest BCUT2D eigenvalue weighted by atomic mass is 35.5. The molecule has 1 N–H and O–H groups in total. The Hall–Kier alpha value is -4.08. The molecule has 3 saturated heterocycles. The summed E-state index contributed by atoms with van der Waals surface area (Å²) < 4.78 is 27.6. The van der Waals surface area contributed by atoms with Gasteiger partial charge in [-0.15, -0.1) is 5.10 Å². The Morgan fingerprint density at radius 3 is 2.75 bits per heavy atom. The molecule has 5 aromatic rings. The summed E-state index contributed by atoms with van der Waals surface area (Å²) in [6.45, 7) is 3.64. The molecular weight excluding hydrogens is 690 g/mol. The molecule has 2 saturated carbocycles. The van der Waals surface area contributed by atoms with E-state index in [2.05, 4.69) is 32.3 Å². The molecule has 0 radical (unpaired) electrons. The van der Waals surface area contributed by atoms with Crippen molar-refractivity contribution in [3.05, 3.63) is 75.0 Å². The zero-order valence-electron chi connectivity index (χ0n) is 28.4. The number of nitriles is 1. The van der Waals surface area contributed by atoms with E-state index in [1.54, 1.807) is 22.9 Å². The number of ether oxygens (including phenoxy) is 1. The maximum absolute atomic E-state index is 17.2. The van der Waals surface area contributed by atoms with Crippen molar-refractivity contribution in [1.82, 2.24) is 34.8 Å². The summed E-state index contributed by atoms with van der Waals surface area (Å²) in [6.07, 6.45) is 5.72. The Kier molecular flexibility index (Phi) is 8.07. The van der Waals surface area contributed by atoms with Crippen LogP contribution in [-0.2, 0) is 29.6 Å². The van der Waals surface area contributed by atoms with Crippen LogP contribution in [0, 0.1) is 35.9 Å². The number of amides is 1. The number of halogens is 3. The first kappa shape index (κ1) is 32.8. The zero-order chi connectivity index (χ0) is 35.1. The lowest BCUT2D eigenvalue weighted by Crippen LogP contribution is -2.41. The minimum Gasteiger partial charge on any atom is -0.370 e. The summed E-state index contributed by atoms with van der Waals surface area (Å²) in [5.41, 5.74) is 5.11. The number of carbonyl (C=O) groups is 1. The number of nitrogens with zero attached hydrogens (tertiary/aromatic N) is 7. The molecule has 6 heterocycles.